The van der Waals surface area contributed by atoms with Gasteiger partial charge in [0.25, 0.3) is 5.91 Å². The maximum Gasteiger partial charge on any atom is 0.416 e. The second-order valence-corrected chi connectivity index (χ2v) is 8.16. The molecule has 2 aromatic rings. The minimum absolute atomic E-state index is 0.0776. The van der Waals surface area contributed by atoms with E-state index in [1.54, 1.807) is 0 Å². The number of amides is 1. The maximum atomic E-state index is 12.5. The third kappa shape index (κ3) is 5.30. The van der Waals surface area contributed by atoms with Crippen LogP contribution in [0.15, 0.2) is 53.4 Å². The standard InChI is InChI=1S/C18H19F3N2O3S/c1-23(2)27(25,26)16-9-5-14(6-10-16)17(24)22-12-11-13-3-7-15(8-4-13)18(19,20)21/h3-10H,11-12H2,1-2H3,(H,22,24). The maximum absolute atomic E-state index is 12.5. The molecule has 0 heterocycles. The topological polar surface area (TPSA) is 66.5 Å². The molecular formula is C18H19F3N2O3S. The van der Waals surface area contributed by atoms with Gasteiger partial charge in [0, 0.05) is 26.2 Å². The van der Waals surface area contributed by atoms with Crippen molar-refractivity contribution in [1.29, 1.82) is 0 Å². The predicted molar refractivity (Wildman–Crippen MR) is 94.8 cm³/mol. The highest BCUT2D eigenvalue weighted by Gasteiger charge is 2.29. The van der Waals surface area contributed by atoms with Crippen molar-refractivity contribution in [3.05, 3.63) is 65.2 Å². The first-order chi connectivity index (χ1) is 12.5. The molecule has 0 aromatic heterocycles. The predicted octanol–water partition coefficient (Wildman–Crippen LogP) is 2.93. The van der Waals surface area contributed by atoms with Gasteiger partial charge in [-0.25, -0.2) is 12.7 Å². The molecule has 0 spiro atoms. The first kappa shape index (κ1) is 20.9. The molecule has 0 saturated carbocycles. The molecule has 2 rings (SSSR count). The van der Waals surface area contributed by atoms with E-state index in [2.05, 4.69) is 5.32 Å². The van der Waals surface area contributed by atoms with Gasteiger partial charge in [-0.1, -0.05) is 12.1 Å². The minimum atomic E-state index is -4.38. The third-order valence-electron chi connectivity index (χ3n) is 3.88. The minimum Gasteiger partial charge on any atom is -0.352 e. The van der Waals surface area contributed by atoms with Crippen LogP contribution < -0.4 is 5.32 Å². The quantitative estimate of drug-likeness (QED) is 0.811. The van der Waals surface area contributed by atoms with Crippen LogP contribution in [0.25, 0.3) is 0 Å². The molecule has 0 unspecified atom stereocenters. The summed E-state index contributed by atoms with van der Waals surface area (Å²) in [4.78, 5) is 12.2. The fourth-order valence-corrected chi connectivity index (χ4v) is 3.17. The molecule has 0 bridgehead atoms. The summed E-state index contributed by atoms with van der Waals surface area (Å²) in [6.45, 7) is 0.238. The summed E-state index contributed by atoms with van der Waals surface area (Å²) in [7, 11) is -0.737. The number of carbonyl (C=O) groups is 1. The van der Waals surface area contributed by atoms with Crippen LogP contribution in [-0.4, -0.2) is 39.3 Å². The number of hydrogen-bond acceptors (Lipinski definition) is 3. The highest BCUT2D eigenvalue weighted by atomic mass is 32.2. The highest BCUT2D eigenvalue weighted by molar-refractivity contribution is 7.89. The molecule has 1 amide bonds. The smallest absolute Gasteiger partial charge is 0.352 e. The molecular weight excluding hydrogens is 381 g/mol. The van der Waals surface area contributed by atoms with E-state index in [-0.39, 0.29) is 11.4 Å². The molecule has 5 nitrogen and oxygen atoms in total. The van der Waals surface area contributed by atoms with Gasteiger partial charge in [0.05, 0.1) is 10.5 Å². The number of benzene rings is 2. The largest absolute Gasteiger partial charge is 0.416 e. The average Bonchev–Trinajstić information content (AvgIpc) is 2.61. The van der Waals surface area contributed by atoms with Crippen molar-refractivity contribution in [2.75, 3.05) is 20.6 Å². The van der Waals surface area contributed by atoms with Gasteiger partial charge in [-0.05, 0) is 48.4 Å². The lowest BCUT2D eigenvalue weighted by molar-refractivity contribution is -0.137. The summed E-state index contributed by atoms with van der Waals surface area (Å²) in [5, 5.41) is 2.65. The van der Waals surface area contributed by atoms with Crippen molar-refractivity contribution in [2.45, 2.75) is 17.5 Å². The zero-order valence-electron chi connectivity index (χ0n) is 14.7. The Morgan fingerprint density at radius 1 is 1.00 bits per heavy atom. The summed E-state index contributed by atoms with van der Waals surface area (Å²) in [6, 6.07) is 10.3. The van der Waals surface area contributed by atoms with Gasteiger partial charge in [-0.3, -0.25) is 4.79 Å². The zero-order valence-corrected chi connectivity index (χ0v) is 15.6. The molecule has 27 heavy (non-hydrogen) atoms. The fraction of sp³-hybridized carbons (Fsp3) is 0.278. The van der Waals surface area contributed by atoms with Crippen molar-refractivity contribution in [3.8, 4) is 0 Å². The summed E-state index contributed by atoms with van der Waals surface area (Å²) >= 11 is 0. The molecule has 0 atom stereocenters. The Labute approximate surface area is 155 Å². The van der Waals surface area contributed by atoms with Crippen molar-refractivity contribution in [1.82, 2.24) is 9.62 Å². The molecule has 9 heteroatoms. The summed E-state index contributed by atoms with van der Waals surface area (Å²) in [6.07, 6.45) is -4.00. The van der Waals surface area contributed by atoms with E-state index in [0.29, 0.717) is 17.5 Å². The van der Waals surface area contributed by atoms with Crippen LogP contribution in [0, 0.1) is 0 Å². The van der Waals surface area contributed by atoms with E-state index in [0.717, 1.165) is 16.4 Å². The Kier molecular flexibility index (Phi) is 6.27. The molecule has 146 valence electrons. The van der Waals surface area contributed by atoms with Gasteiger partial charge in [0.15, 0.2) is 0 Å². The number of sulfonamides is 1. The van der Waals surface area contributed by atoms with E-state index in [4.69, 9.17) is 0 Å². The molecule has 0 aliphatic heterocycles. The van der Waals surface area contributed by atoms with Gasteiger partial charge in [0.2, 0.25) is 10.0 Å². The van der Waals surface area contributed by atoms with E-state index >= 15 is 0 Å². The van der Waals surface area contributed by atoms with Gasteiger partial charge >= 0.3 is 6.18 Å². The fourth-order valence-electron chi connectivity index (χ4n) is 2.27. The number of nitrogens with zero attached hydrogens (tertiary/aromatic N) is 1. The molecule has 0 radical (unpaired) electrons. The number of rotatable bonds is 6. The van der Waals surface area contributed by atoms with Crippen molar-refractivity contribution in [2.24, 2.45) is 0 Å². The number of hydrogen-bond donors (Lipinski definition) is 1. The number of nitrogens with one attached hydrogen (secondary N) is 1. The molecule has 2 aromatic carbocycles. The monoisotopic (exact) mass is 400 g/mol. The van der Waals surface area contributed by atoms with Gasteiger partial charge < -0.3 is 5.32 Å². The second kappa shape index (κ2) is 8.10. The summed E-state index contributed by atoms with van der Waals surface area (Å²) in [5.41, 5.74) is 0.235. The van der Waals surface area contributed by atoms with Crippen LogP contribution >= 0.6 is 0 Å². The molecule has 0 aliphatic carbocycles. The second-order valence-electron chi connectivity index (χ2n) is 6.01. The first-order valence-electron chi connectivity index (χ1n) is 7.99. The Hall–Kier alpha value is -2.39. The molecule has 1 N–H and O–H groups in total. The third-order valence-corrected chi connectivity index (χ3v) is 5.70. The zero-order chi connectivity index (χ0) is 20.2. The Morgan fingerprint density at radius 3 is 2.04 bits per heavy atom. The van der Waals surface area contributed by atoms with Crippen LogP contribution in [0.1, 0.15) is 21.5 Å². The van der Waals surface area contributed by atoms with Crippen LogP contribution in [0.2, 0.25) is 0 Å². The molecule has 0 saturated heterocycles. The number of alkyl halides is 3. The van der Waals surface area contributed by atoms with Gasteiger partial charge in [-0.15, -0.1) is 0 Å². The van der Waals surface area contributed by atoms with Crippen LogP contribution in [0.5, 0.6) is 0 Å². The van der Waals surface area contributed by atoms with E-state index in [9.17, 15) is 26.4 Å². The van der Waals surface area contributed by atoms with E-state index in [1.807, 2.05) is 0 Å². The lowest BCUT2D eigenvalue weighted by Crippen LogP contribution is -2.26. The highest BCUT2D eigenvalue weighted by Crippen LogP contribution is 2.29. The average molecular weight is 400 g/mol. The van der Waals surface area contributed by atoms with Crippen LogP contribution in [-0.2, 0) is 22.6 Å². The van der Waals surface area contributed by atoms with Crippen molar-refractivity contribution < 1.29 is 26.4 Å². The Balaban J connectivity index is 1.92. The van der Waals surface area contributed by atoms with Gasteiger partial charge in [0.1, 0.15) is 0 Å². The SMILES string of the molecule is CN(C)S(=O)(=O)c1ccc(C(=O)NCCc2ccc(C(F)(F)F)cc2)cc1. The van der Waals surface area contributed by atoms with Crippen LogP contribution in [0.4, 0.5) is 13.2 Å². The van der Waals surface area contributed by atoms with Crippen molar-refractivity contribution >= 4 is 15.9 Å². The van der Waals surface area contributed by atoms with Gasteiger partial charge in [-0.2, -0.15) is 13.2 Å². The summed E-state index contributed by atoms with van der Waals surface area (Å²) in [5.74, 6) is -0.393. The first-order valence-corrected chi connectivity index (χ1v) is 9.43. The number of halogens is 3. The lowest BCUT2D eigenvalue weighted by Gasteiger charge is -2.12. The Morgan fingerprint density at radius 2 is 1.56 bits per heavy atom. The summed E-state index contributed by atoms with van der Waals surface area (Å²) < 4.78 is 62.6. The number of carbonyl (C=O) groups excluding carboxylic acids is 1. The van der Waals surface area contributed by atoms with E-state index < -0.39 is 27.7 Å². The normalized spacial score (nSPS) is 12.2. The van der Waals surface area contributed by atoms with E-state index in [1.165, 1.54) is 50.5 Å². The molecule has 0 fully saturated rings. The Bertz CT molecular complexity index is 891. The molecule has 0 aliphatic rings. The lowest BCUT2D eigenvalue weighted by atomic mass is 10.1. The van der Waals surface area contributed by atoms with Crippen LogP contribution in [0.3, 0.4) is 0 Å². The van der Waals surface area contributed by atoms with Crippen molar-refractivity contribution in [3.63, 3.8) is 0 Å².